The lowest BCUT2D eigenvalue weighted by Crippen LogP contribution is -2.49. The van der Waals surface area contributed by atoms with Crippen molar-refractivity contribution in [1.82, 2.24) is 15.4 Å². The van der Waals surface area contributed by atoms with Crippen molar-refractivity contribution in [2.75, 3.05) is 38.7 Å². The Bertz CT molecular complexity index is 1060. The van der Waals surface area contributed by atoms with Crippen LogP contribution in [0.4, 0.5) is 0 Å². The molecule has 34 heavy (non-hydrogen) atoms. The summed E-state index contributed by atoms with van der Waals surface area (Å²) in [4.78, 5) is 0. The summed E-state index contributed by atoms with van der Waals surface area (Å²) in [5.41, 5.74) is 9.38. The molecule has 2 aromatic rings. The molecule has 186 valence electrons. The topological polar surface area (TPSA) is 105 Å². The maximum atomic E-state index is 12.1. The van der Waals surface area contributed by atoms with Crippen LogP contribution in [0.25, 0.3) is 0 Å². The molecule has 9 heteroatoms. The first-order chi connectivity index (χ1) is 16.4. The van der Waals surface area contributed by atoms with Gasteiger partial charge in [0.05, 0.1) is 5.75 Å². The lowest BCUT2D eigenvalue weighted by atomic mass is 9.58. The fourth-order valence-electron chi connectivity index (χ4n) is 5.12. The van der Waals surface area contributed by atoms with Crippen LogP contribution in [-0.4, -0.2) is 47.1 Å². The van der Waals surface area contributed by atoms with Crippen LogP contribution in [0.3, 0.4) is 0 Å². The van der Waals surface area contributed by atoms with Gasteiger partial charge in [-0.25, -0.2) is 13.1 Å². The fraction of sp³-hybridized carbons (Fsp3) is 0.520. The second kappa shape index (κ2) is 11.4. The zero-order chi connectivity index (χ0) is 24.0. The van der Waals surface area contributed by atoms with E-state index in [0.717, 1.165) is 36.6 Å². The van der Waals surface area contributed by atoms with E-state index in [1.54, 1.807) is 0 Å². The molecule has 0 amide bonds. The predicted molar refractivity (Wildman–Crippen MR) is 137 cm³/mol. The zero-order valence-corrected chi connectivity index (χ0v) is 21.1. The first-order valence-electron chi connectivity index (χ1n) is 12.1. The van der Waals surface area contributed by atoms with Crippen LogP contribution < -0.4 is 25.8 Å². The van der Waals surface area contributed by atoms with Crippen molar-refractivity contribution in [2.24, 2.45) is 5.73 Å². The molecule has 1 fully saturated rings. The summed E-state index contributed by atoms with van der Waals surface area (Å²) in [5.74, 6) is 0.836. The van der Waals surface area contributed by atoms with Gasteiger partial charge in [-0.2, -0.15) is 0 Å². The number of nitrogens with two attached hydrogens (primary N) is 1. The van der Waals surface area contributed by atoms with Crippen LogP contribution in [0.1, 0.15) is 48.4 Å². The Morgan fingerprint density at radius 3 is 2.65 bits per heavy atom. The summed E-state index contributed by atoms with van der Waals surface area (Å²) in [6.07, 6.45) is 5.00. The van der Waals surface area contributed by atoms with E-state index < -0.39 is 10.0 Å². The molecule has 5 N–H and O–H groups in total. The van der Waals surface area contributed by atoms with Gasteiger partial charge in [0.2, 0.25) is 10.0 Å². The zero-order valence-electron chi connectivity index (χ0n) is 19.5. The number of fused-ring (bicyclic) bond motifs is 1. The molecule has 1 aliphatic heterocycles. The minimum Gasteiger partial charge on any atom is -0.492 e. The van der Waals surface area contributed by atoms with E-state index in [9.17, 15) is 8.42 Å². The summed E-state index contributed by atoms with van der Waals surface area (Å²) in [7, 11) is -3.32. The summed E-state index contributed by atoms with van der Waals surface area (Å²) >= 11 is 6.15. The molecule has 4 rings (SSSR count). The van der Waals surface area contributed by atoms with E-state index in [2.05, 4.69) is 39.6 Å². The Morgan fingerprint density at radius 2 is 1.94 bits per heavy atom. The van der Waals surface area contributed by atoms with Crippen molar-refractivity contribution in [2.45, 2.75) is 43.6 Å². The Balaban J connectivity index is 1.40. The highest BCUT2D eigenvalue weighted by molar-refractivity contribution is 7.89. The molecule has 7 nitrogen and oxygen atoms in total. The monoisotopic (exact) mass is 506 g/mol. The van der Waals surface area contributed by atoms with Gasteiger partial charge in [0, 0.05) is 29.7 Å². The lowest BCUT2D eigenvalue weighted by molar-refractivity contribution is 0.164. The highest BCUT2D eigenvalue weighted by Crippen LogP contribution is 2.53. The largest absolute Gasteiger partial charge is 0.492 e. The minimum absolute atomic E-state index is 0.0623. The molecule has 2 aliphatic rings. The fourth-order valence-corrected chi connectivity index (χ4v) is 6.31. The van der Waals surface area contributed by atoms with Crippen molar-refractivity contribution in [3.63, 3.8) is 0 Å². The maximum absolute atomic E-state index is 12.1. The highest BCUT2D eigenvalue weighted by atomic mass is 35.5. The summed E-state index contributed by atoms with van der Waals surface area (Å²) in [6.45, 7) is 2.39. The average Bonchev–Trinajstić information content (AvgIpc) is 2.80. The lowest BCUT2D eigenvalue weighted by Gasteiger charge is -2.50. The standard InChI is InChI=1S/C25H35ClN4O3S/c26-21-6-4-20(5-7-21)25(10-1-11-25)24-23-17-22(8-3-19(23)9-13-29-24)33-15-14-30-34(31,32)16-2-12-28-18-27/h3-8,17,24,28-30H,1-2,9-16,18,27H2. The van der Waals surface area contributed by atoms with Crippen LogP contribution in [0.5, 0.6) is 5.75 Å². The van der Waals surface area contributed by atoms with Crippen molar-refractivity contribution in [3.05, 3.63) is 64.2 Å². The molecule has 0 radical (unpaired) electrons. The van der Waals surface area contributed by atoms with Gasteiger partial charge in [0.1, 0.15) is 12.4 Å². The minimum atomic E-state index is -3.32. The number of sulfonamides is 1. The number of ether oxygens (including phenoxy) is 1. The Morgan fingerprint density at radius 1 is 1.15 bits per heavy atom. The van der Waals surface area contributed by atoms with Crippen molar-refractivity contribution < 1.29 is 13.2 Å². The van der Waals surface area contributed by atoms with E-state index in [1.807, 2.05) is 18.2 Å². The summed E-state index contributed by atoms with van der Waals surface area (Å²) < 4.78 is 32.8. The molecule has 1 unspecified atom stereocenters. The van der Waals surface area contributed by atoms with E-state index in [4.69, 9.17) is 22.1 Å². The number of hydrogen-bond donors (Lipinski definition) is 4. The smallest absolute Gasteiger partial charge is 0.211 e. The second-order valence-corrected chi connectivity index (χ2v) is 11.5. The van der Waals surface area contributed by atoms with Crippen molar-refractivity contribution in [1.29, 1.82) is 0 Å². The van der Waals surface area contributed by atoms with Gasteiger partial charge >= 0.3 is 0 Å². The first-order valence-corrected chi connectivity index (χ1v) is 14.1. The summed E-state index contributed by atoms with van der Waals surface area (Å²) in [5, 5.41) is 7.46. The molecule has 0 bridgehead atoms. The molecular formula is C25H35ClN4O3S. The summed E-state index contributed by atoms with van der Waals surface area (Å²) in [6, 6.07) is 14.8. The quantitative estimate of drug-likeness (QED) is 0.260. The van der Waals surface area contributed by atoms with Crippen LogP contribution in [-0.2, 0) is 21.9 Å². The van der Waals surface area contributed by atoms with Crippen molar-refractivity contribution >= 4 is 21.6 Å². The van der Waals surface area contributed by atoms with Crippen molar-refractivity contribution in [3.8, 4) is 5.75 Å². The average molecular weight is 507 g/mol. The number of benzene rings is 2. The molecule has 2 aromatic carbocycles. The van der Waals surface area contributed by atoms with Gasteiger partial charge in [-0.1, -0.05) is 36.2 Å². The van der Waals surface area contributed by atoms with Crippen LogP contribution in [0.15, 0.2) is 42.5 Å². The van der Waals surface area contributed by atoms with Gasteiger partial charge in [0.25, 0.3) is 0 Å². The second-order valence-electron chi connectivity index (χ2n) is 9.13. The third kappa shape index (κ3) is 5.93. The number of nitrogens with one attached hydrogen (secondary N) is 3. The predicted octanol–water partition coefficient (Wildman–Crippen LogP) is 2.84. The third-order valence-electron chi connectivity index (χ3n) is 6.99. The molecule has 1 atom stereocenters. The SMILES string of the molecule is NCNCCCS(=O)(=O)NCCOc1ccc2c(c1)C(C1(c3ccc(Cl)cc3)CCC1)NCC2. The van der Waals surface area contributed by atoms with Gasteiger partial charge in [-0.05, 0) is 79.7 Å². The maximum Gasteiger partial charge on any atom is 0.211 e. The normalized spacial score (nSPS) is 19.3. The Labute approximate surface area is 207 Å². The van der Waals surface area contributed by atoms with Crippen LogP contribution in [0.2, 0.25) is 5.02 Å². The van der Waals surface area contributed by atoms with Gasteiger partial charge in [-0.3, -0.25) is 0 Å². The van der Waals surface area contributed by atoms with E-state index in [1.165, 1.54) is 23.1 Å². The highest BCUT2D eigenvalue weighted by Gasteiger charge is 2.47. The number of halogens is 1. The molecule has 1 saturated carbocycles. The Hall–Kier alpha value is -1.68. The van der Waals surface area contributed by atoms with Gasteiger partial charge < -0.3 is 21.1 Å². The van der Waals surface area contributed by atoms with E-state index in [0.29, 0.717) is 19.6 Å². The number of rotatable bonds is 12. The van der Waals surface area contributed by atoms with Gasteiger partial charge in [0.15, 0.2) is 0 Å². The Kier molecular flexibility index (Phi) is 8.50. The van der Waals surface area contributed by atoms with Crippen LogP contribution in [0, 0.1) is 0 Å². The first kappa shape index (κ1) is 25.4. The molecule has 1 aliphatic carbocycles. The molecule has 0 aromatic heterocycles. The van der Waals surface area contributed by atoms with Crippen LogP contribution >= 0.6 is 11.6 Å². The number of hydrogen-bond acceptors (Lipinski definition) is 6. The molecular weight excluding hydrogens is 472 g/mol. The third-order valence-corrected chi connectivity index (χ3v) is 8.71. The van der Waals surface area contributed by atoms with E-state index >= 15 is 0 Å². The van der Waals surface area contributed by atoms with Gasteiger partial charge in [-0.15, -0.1) is 0 Å². The molecule has 1 heterocycles. The molecule has 0 saturated heterocycles. The van der Waals surface area contributed by atoms with E-state index in [-0.39, 0.29) is 30.4 Å². The molecule has 0 spiro atoms.